The van der Waals surface area contributed by atoms with E-state index in [1.807, 2.05) is 11.9 Å². The van der Waals surface area contributed by atoms with Gasteiger partial charge in [-0.1, -0.05) is 24.3 Å². The normalized spacial score (nSPS) is 12.8. The van der Waals surface area contributed by atoms with Crippen molar-refractivity contribution in [3.63, 3.8) is 0 Å². The maximum atomic E-state index is 12.3. The van der Waals surface area contributed by atoms with Gasteiger partial charge in [-0.05, 0) is 102 Å². The van der Waals surface area contributed by atoms with Gasteiger partial charge in [-0.3, -0.25) is 0 Å². The number of benzene rings is 6. The summed E-state index contributed by atoms with van der Waals surface area (Å²) in [5, 5.41) is 50.8. The topological polar surface area (TPSA) is 477 Å². The zero-order chi connectivity index (χ0) is 53.9. The van der Waals surface area contributed by atoms with E-state index in [2.05, 4.69) is 20.5 Å². The molecule has 0 aliphatic carbocycles. The summed E-state index contributed by atoms with van der Waals surface area (Å²) in [6, 6.07) is 10.1. The van der Waals surface area contributed by atoms with Crippen molar-refractivity contribution in [3.8, 4) is 11.5 Å². The molecule has 6 aromatic rings. The van der Waals surface area contributed by atoms with Crippen molar-refractivity contribution in [1.82, 2.24) is 4.90 Å². The van der Waals surface area contributed by atoms with Gasteiger partial charge in [0.25, 0.3) is 0 Å². The number of hydrogen-bond acceptors (Lipinski definition) is 27. The fraction of sp³-hybridized carbons (Fsp3) is 0.128. The van der Waals surface area contributed by atoms with E-state index in [0.717, 1.165) is 36.4 Å². The number of rotatable bonds is 16. The van der Waals surface area contributed by atoms with Crippen molar-refractivity contribution in [2.75, 3.05) is 33.4 Å². The first kappa shape index (κ1) is 63.6. The quantitative estimate of drug-likeness (QED) is 0.0320. The molecule has 0 fully saturated rings. The van der Waals surface area contributed by atoms with E-state index >= 15 is 0 Å². The summed E-state index contributed by atoms with van der Waals surface area (Å²) in [7, 11) is -30.0. The number of azo groups is 2. The van der Waals surface area contributed by atoms with Crippen molar-refractivity contribution in [1.29, 1.82) is 0 Å². The van der Waals surface area contributed by atoms with Crippen LogP contribution in [0.2, 0.25) is 0 Å². The molecule has 0 aromatic heterocycles. The molecule has 0 spiro atoms. The number of aliphatic hydroxyl groups excluding tert-OH is 2. The van der Waals surface area contributed by atoms with Crippen LogP contribution in [-0.4, -0.2) is 137 Å². The Labute approximate surface area is 455 Å². The Bertz CT molecular complexity index is 3690. The molecule has 0 heterocycles. The second-order valence-electron chi connectivity index (χ2n) is 14.6. The second-order valence-corrected chi connectivity index (χ2v) is 22.8. The molecule has 4 N–H and O–H groups in total. The summed E-state index contributed by atoms with van der Waals surface area (Å²) in [4.78, 5) is -4.22. The van der Waals surface area contributed by atoms with Crippen LogP contribution in [0.3, 0.4) is 0 Å². The molecule has 0 unspecified atom stereocenters. The van der Waals surface area contributed by atoms with Crippen LogP contribution >= 0.6 is 0 Å². The van der Waals surface area contributed by atoms with Gasteiger partial charge in [-0.2, -0.15) is 10.2 Å². The Morgan fingerprint density at radius 1 is 0.459 bits per heavy atom. The number of phenolic OH excluding ortho intramolecular Hbond substituents is 2. The zero-order valence-corrected chi connectivity index (χ0v) is 44.8. The van der Waals surface area contributed by atoms with Gasteiger partial charge in [0.05, 0.1) is 76.1 Å². The molecular weight excluding hydrogens is 1110 g/mol. The monoisotopic (exact) mass is 1140 g/mol. The molecule has 0 saturated carbocycles. The summed E-state index contributed by atoms with van der Waals surface area (Å²) in [5.74, 6) is -1.85. The first-order chi connectivity index (χ1) is 33.1. The van der Waals surface area contributed by atoms with Gasteiger partial charge in [-0.15, -0.1) is 10.2 Å². The van der Waals surface area contributed by atoms with Gasteiger partial charge in [0.15, 0.2) is 0 Å². The summed E-state index contributed by atoms with van der Waals surface area (Å²) < 4.78 is 214. The minimum Gasteiger partial charge on any atom is -0.744 e. The predicted octanol–water partition coefficient (Wildman–Crippen LogP) is -3.26. The molecule has 0 aliphatic rings. The minimum atomic E-state index is -5.43. The Morgan fingerprint density at radius 2 is 0.757 bits per heavy atom. The number of hydrogen-bond donors (Lipinski definition) is 4. The molecular formula is C39H31LiN5NaO22S6-4. The molecule has 0 radical (unpaired) electrons. The first-order valence-electron chi connectivity index (χ1n) is 19.2. The van der Waals surface area contributed by atoms with Crippen molar-refractivity contribution < 1.29 is 147 Å². The van der Waals surface area contributed by atoms with E-state index in [-0.39, 0.29) is 61.6 Å². The number of nitrogens with zero attached hydrogens (tertiary/aromatic N) is 5. The number of likely N-dealkylation sites (N-methyl/N-ethyl adjacent to an activating group) is 1. The summed E-state index contributed by atoms with van der Waals surface area (Å²) in [6.45, 7) is 1.61. The van der Waals surface area contributed by atoms with Crippen molar-refractivity contribution in [2.24, 2.45) is 20.5 Å². The first-order valence-corrected chi connectivity index (χ1v) is 27.6. The van der Waals surface area contributed by atoms with Gasteiger partial charge in [0.1, 0.15) is 72.2 Å². The molecule has 6 aromatic carbocycles. The van der Waals surface area contributed by atoms with Crippen LogP contribution in [0.15, 0.2) is 135 Å². The molecule has 27 nitrogen and oxygen atoms in total. The molecule has 0 bridgehead atoms. The standard InChI is InChI=1S/C34H24N4O20S6.C5H13NO2.Li.Na/c39-29-15-25(61(47,48)49)9-19-7-23(59(41,42)43)13-27(33(19)29)37-35-21-5-3-17(31(11-21)63(53,54)55)1-2-18-4-6-22(12-32(18)64(56,57)58)36-38-28-14-24(60(44,45)46)8-20-10-26(62(50,51)52)16-30(40)34(20)28;1-6(2-4-7)3-5-8;;/h1-16,39-40H,(H,41,42,43)(H,44,45,46)(H,47,48,49)(H,50,51,52)(H,53,54,55)(H,56,57,58);7-8H,2-5H2,1H3;;/q;;2*+1/p-6/b2-1+,37-35?,38-36?;;;. The molecule has 0 aliphatic heterocycles. The SMILES string of the molecule is CN(CCO)CCO.O=S(=O)([O-])c1cc(O)c2c(N=Nc3ccc(/C=C/c4ccc(N=Nc5cc(S(=O)(=O)[O-])cc6cc(S(=O)(=O)[O-])cc(O)c56)cc4S(=O)(=O)[O-])c(S(=O)(=O)[O-])c3)cc(S(=O)(=O)[O-])cc2c1.[Li+].[Na+]. The van der Waals surface area contributed by atoms with Crippen LogP contribution in [0.4, 0.5) is 22.7 Å². The molecule has 74 heavy (non-hydrogen) atoms. The fourth-order valence-electron chi connectivity index (χ4n) is 6.30. The van der Waals surface area contributed by atoms with Crippen LogP contribution in [0.25, 0.3) is 33.7 Å². The summed E-state index contributed by atoms with van der Waals surface area (Å²) >= 11 is 0. The Morgan fingerprint density at radius 3 is 1.03 bits per heavy atom. The van der Waals surface area contributed by atoms with Crippen molar-refractivity contribution >= 4 is 117 Å². The number of phenols is 2. The summed E-state index contributed by atoms with van der Waals surface area (Å²) in [5.41, 5.74) is -2.97. The van der Waals surface area contributed by atoms with Crippen LogP contribution in [0.1, 0.15) is 11.1 Å². The van der Waals surface area contributed by atoms with E-state index in [4.69, 9.17) is 10.2 Å². The van der Waals surface area contributed by atoms with E-state index in [9.17, 15) is 88.0 Å². The van der Waals surface area contributed by atoms with Crippen LogP contribution < -0.4 is 48.4 Å². The number of fused-ring (bicyclic) bond motifs is 2. The van der Waals surface area contributed by atoms with Gasteiger partial charge in [-0.25, -0.2) is 50.5 Å². The van der Waals surface area contributed by atoms with Gasteiger partial charge in [0, 0.05) is 13.1 Å². The fourth-order valence-corrected chi connectivity index (χ4v) is 9.79. The zero-order valence-electron chi connectivity index (χ0n) is 37.9. The molecule has 0 amide bonds. The van der Waals surface area contributed by atoms with Gasteiger partial charge in [0.2, 0.25) is 0 Å². The predicted molar refractivity (Wildman–Crippen MR) is 241 cm³/mol. The number of aromatic hydroxyl groups is 2. The second kappa shape index (κ2) is 24.5. The Balaban J connectivity index is 0.00000133. The Hall–Kier alpha value is -4.68. The van der Waals surface area contributed by atoms with E-state index in [1.165, 1.54) is 0 Å². The molecule has 6 rings (SSSR count). The smallest absolute Gasteiger partial charge is 0.744 e. The minimum absolute atomic E-state index is 0. The maximum absolute atomic E-state index is 12.3. The average Bonchev–Trinajstić information content (AvgIpc) is 3.25. The van der Waals surface area contributed by atoms with Gasteiger partial charge >= 0.3 is 48.4 Å². The summed E-state index contributed by atoms with van der Waals surface area (Å²) in [6.07, 6.45) is 1.76. The third-order valence-corrected chi connectivity index (χ3v) is 14.6. The average molecular weight is 1140 g/mol. The van der Waals surface area contributed by atoms with Crippen LogP contribution in [-0.2, 0) is 60.7 Å². The van der Waals surface area contributed by atoms with E-state index in [0.29, 0.717) is 73.8 Å². The van der Waals surface area contributed by atoms with Crippen LogP contribution in [0.5, 0.6) is 11.5 Å². The molecule has 35 heteroatoms. The third-order valence-electron chi connectivity index (χ3n) is 9.55. The number of aliphatic hydroxyl groups is 2. The van der Waals surface area contributed by atoms with Gasteiger partial charge < -0.3 is 52.6 Å². The Kier molecular flexibility index (Phi) is 21.1. The van der Waals surface area contributed by atoms with Crippen molar-refractivity contribution in [3.05, 3.63) is 96.1 Å². The molecule has 0 saturated heterocycles. The van der Waals surface area contributed by atoms with Crippen molar-refractivity contribution in [2.45, 2.75) is 29.4 Å². The van der Waals surface area contributed by atoms with E-state index in [1.54, 1.807) is 0 Å². The van der Waals surface area contributed by atoms with Crippen LogP contribution in [0, 0.1) is 0 Å². The molecule has 386 valence electrons. The maximum Gasteiger partial charge on any atom is 1.00 e. The van der Waals surface area contributed by atoms with E-state index < -0.39 is 157 Å². The third kappa shape index (κ3) is 16.4. The molecule has 0 atom stereocenters. The largest absolute Gasteiger partial charge is 1.00 e.